The highest BCUT2D eigenvalue weighted by molar-refractivity contribution is 6.32. The molecule has 1 heterocycles. The predicted octanol–water partition coefficient (Wildman–Crippen LogP) is 3.68. The number of carbonyl (C=O) groups is 2. The fourth-order valence-electron chi connectivity index (χ4n) is 3.53. The van der Waals surface area contributed by atoms with Crippen LogP contribution in [0.1, 0.15) is 32.0 Å². The molecule has 1 aromatic heterocycles. The van der Waals surface area contributed by atoms with E-state index in [1.165, 1.54) is 0 Å². The van der Waals surface area contributed by atoms with Crippen LogP contribution < -0.4 is 0 Å². The smallest absolute Gasteiger partial charge is 0.236 e. The van der Waals surface area contributed by atoms with Gasteiger partial charge in [0.15, 0.2) is 0 Å². The lowest BCUT2D eigenvalue weighted by Crippen LogP contribution is -2.20. The van der Waals surface area contributed by atoms with E-state index in [9.17, 15) is 19.8 Å². The number of rotatable bonds is 1. The number of phenols is 2. The highest BCUT2D eigenvalue weighted by Crippen LogP contribution is 2.45. The van der Waals surface area contributed by atoms with E-state index in [1.807, 2.05) is 6.07 Å². The number of ketones is 2. The first-order valence-electron chi connectivity index (χ1n) is 8.20. The number of hydrogen-bond acceptors (Lipinski definition) is 6. The predicted molar refractivity (Wildman–Crippen MR) is 96.1 cm³/mol. The van der Waals surface area contributed by atoms with Gasteiger partial charge < -0.3 is 14.7 Å². The second-order valence-electron chi connectivity index (χ2n) is 6.25. The summed E-state index contributed by atoms with van der Waals surface area (Å²) in [6.45, 7) is 0. The van der Waals surface area contributed by atoms with Gasteiger partial charge in [-0.1, -0.05) is 59.8 Å². The van der Waals surface area contributed by atoms with Gasteiger partial charge in [0.05, 0.1) is 11.1 Å². The zero-order valence-corrected chi connectivity index (χ0v) is 13.8. The average molecular weight is 357 g/mol. The minimum Gasteiger partial charge on any atom is -0.506 e. The third-order valence-electron chi connectivity index (χ3n) is 4.79. The maximum atomic E-state index is 13.2. The first kappa shape index (κ1) is 15.3. The van der Waals surface area contributed by atoms with Crippen LogP contribution in [0.3, 0.4) is 0 Å². The number of phenolic OH excluding ortho intramolecular Hbond substituents is 2. The van der Waals surface area contributed by atoms with Crippen LogP contribution in [0.25, 0.3) is 22.0 Å². The highest BCUT2D eigenvalue weighted by Gasteiger charge is 2.41. The van der Waals surface area contributed by atoms with Crippen LogP contribution in [-0.2, 0) is 0 Å². The van der Waals surface area contributed by atoms with Gasteiger partial charge in [-0.05, 0) is 0 Å². The van der Waals surface area contributed by atoms with Crippen LogP contribution in [-0.4, -0.2) is 26.9 Å². The van der Waals surface area contributed by atoms with Gasteiger partial charge in [-0.25, -0.2) is 0 Å². The standard InChI is InChI=1S/C21H11NO5/c23-17-11-8-4-5-9-12(11)18(24)14-13(17)19(25)15-16(10-6-2-1-3-7-10)22-27-21(15)20(14)26/h1-9,23-24H. The molecule has 0 spiro atoms. The van der Waals surface area contributed by atoms with Gasteiger partial charge in [-0.2, -0.15) is 0 Å². The molecule has 0 atom stereocenters. The third-order valence-corrected chi connectivity index (χ3v) is 4.79. The van der Waals surface area contributed by atoms with Crippen molar-refractivity contribution < 1.29 is 24.3 Å². The molecule has 0 aliphatic heterocycles. The average Bonchev–Trinajstić information content (AvgIpc) is 3.15. The summed E-state index contributed by atoms with van der Waals surface area (Å²) in [4.78, 5) is 26.2. The number of aromatic hydroxyl groups is 2. The van der Waals surface area contributed by atoms with Crippen molar-refractivity contribution in [2.45, 2.75) is 0 Å². The number of hydrogen-bond donors (Lipinski definition) is 2. The molecule has 6 heteroatoms. The molecule has 0 fully saturated rings. The topological polar surface area (TPSA) is 101 Å². The Morgan fingerprint density at radius 1 is 0.704 bits per heavy atom. The van der Waals surface area contributed by atoms with Gasteiger partial charge >= 0.3 is 0 Å². The fourth-order valence-corrected chi connectivity index (χ4v) is 3.53. The summed E-state index contributed by atoms with van der Waals surface area (Å²) in [6, 6.07) is 15.3. The van der Waals surface area contributed by atoms with Crippen LogP contribution in [0, 0.1) is 0 Å². The molecular weight excluding hydrogens is 346 g/mol. The Hall–Kier alpha value is -3.93. The van der Waals surface area contributed by atoms with E-state index in [4.69, 9.17) is 4.52 Å². The number of carbonyl (C=O) groups excluding carboxylic acids is 2. The Labute approximate surface area is 152 Å². The van der Waals surface area contributed by atoms with E-state index < -0.39 is 11.6 Å². The monoisotopic (exact) mass is 357 g/mol. The van der Waals surface area contributed by atoms with E-state index in [2.05, 4.69) is 5.16 Å². The fraction of sp³-hybridized carbons (Fsp3) is 0. The van der Waals surface area contributed by atoms with Gasteiger partial charge in [-0.3, -0.25) is 9.59 Å². The maximum Gasteiger partial charge on any atom is 0.236 e. The molecule has 0 unspecified atom stereocenters. The van der Waals surface area contributed by atoms with Crippen molar-refractivity contribution in [3.63, 3.8) is 0 Å². The molecule has 1 aliphatic rings. The van der Waals surface area contributed by atoms with Crippen LogP contribution in [0.5, 0.6) is 11.5 Å². The van der Waals surface area contributed by atoms with Crippen molar-refractivity contribution in [3.05, 3.63) is 77.0 Å². The summed E-state index contributed by atoms with van der Waals surface area (Å²) >= 11 is 0. The molecule has 0 saturated carbocycles. The molecule has 1 aliphatic carbocycles. The highest BCUT2D eigenvalue weighted by atomic mass is 16.5. The molecule has 6 nitrogen and oxygen atoms in total. The maximum absolute atomic E-state index is 13.2. The van der Waals surface area contributed by atoms with Crippen LogP contribution in [0.4, 0.5) is 0 Å². The van der Waals surface area contributed by atoms with E-state index in [0.717, 1.165) is 0 Å². The second kappa shape index (κ2) is 5.28. The van der Waals surface area contributed by atoms with Gasteiger partial charge in [-0.15, -0.1) is 0 Å². The molecule has 2 N–H and O–H groups in total. The number of benzene rings is 3. The van der Waals surface area contributed by atoms with Gasteiger partial charge in [0.25, 0.3) is 0 Å². The molecule has 4 aromatic rings. The van der Waals surface area contributed by atoms with Crippen LogP contribution >= 0.6 is 0 Å². The molecule has 0 amide bonds. The Balaban J connectivity index is 1.85. The van der Waals surface area contributed by atoms with E-state index in [-0.39, 0.29) is 50.4 Å². The SMILES string of the molecule is O=C1c2onc(-c3ccccc3)c2C(=O)c2c1c(O)c1ccccc1c2O. The summed E-state index contributed by atoms with van der Waals surface area (Å²) in [5.74, 6) is -2.25. The van der Waals surface area contributed by atoms with Crippen LogP contribution in [0.2, 0.25) is 0 Å². The zero-order chi connectivity index (χ0) is 18.7. The summed E-state index contributed by atoms with van der Waals surface area (Å²) in [5.41, 5.74) is 0.325. The van der Waals surface area contributed by atoms with Gasteiger partial charge in [0.1, 0.15) is 22.8 Å². The Kier molecular flexibility index (Phi) is 3.00. The third kappa shape index (κ3) is 1.92. The lowest BCUT2D eigenvalue weighted by atomic mass is 9.83. The molecule has 27 heavy (non-hydrogen) atoms. The Bertz CT molecular complexity index is 1270. The number of fused-ring (bicyclic) bond motifs is 3. The summed E-state index contributed by atoms with van der Waals surface area (Å²) < 4.78 is 5.17. The van der Waals surface area contributed by atoms with Crippen molar-refractivity contribution in [3.8, 4) is 22.8 Å². The minimum absolute atomic E-state index is 0.0105. The molecule has 5 rings (SSSR count). The van der Waals surface area contributed by atoms with E-state index >= 15 is 0 Å². The van der Waals surface area contributed by atoms with Crippen molar-refractivity contribution in [2.75, 3.05) is 0 Å². The van der Waals surface area contributed by atoms with Gasteiger partial charge in [0, 0.05) is 16.3 Å². The van der Waals surface area contributed by atoms with E-state index in [0.29, 0.717) is 5.56 Å². The van der Waals surface area contributed by atoms with Crippen molar-refractivity contribution in [1.82, 2.24) is 5.16 Å². The van der Waals surface area contributed by atoms with Crippen molar-refractivity contribution in [1.29, 1.82) is 0 Å². The first-order chi connectivity index (χ1) is 13.1. The quantitative estimate of drug-likeness (QED) is 0.444. The first-order valence-corrected chi connectivity index (χ1v) is 8.20. The molecule has 0 saturated heterocycles. The number of aromatic nitrogens is 1. The van der Waals surface area contributed by atoms with Gasteiger partial charge in [0.2, 0.25) is 17.3 Å². The Morgan fingerprint density at radius 3 is 1.89 bits per heavy atom. The normalized spacial score (nSPS) is 12.9. The Morgan fingerprint density at radius 2 is 1.26 bits per heavy atom. The largest absolute Gasteiger partial charge is 0.506 e. The molecule has 0 radical (unpaired) electrons. The van der Waals surface area contributed by atoms with Crippen LogP contribution in [0.15, 0.2) is 59.1 Å². The molecule has 3 aromatic carbocycles. The molecular formula is C21H11NO5. The molecule has 0 bridgehead atoms. The van der Waals surface area contributed by atoms with Crippen molar-refractivity contribution >= 4 is 22.3 Å². The lowest BCUT2D eigenvalue weighted by molar-refractivity contribution is 0.0950. The summed E-state index contributed by atoms with van der Waals surface area (Å²) in [7, 11) is 0. The zero-order valence-electron chi connectivity index (χ0n) is 13.8. The lowest BCUT2D eigenvalue weighted by Gasteiger charge is -2.18. The molecule has 130 valence electrons. The minimum atomic E-state index is -0.687. The second-order valence-corrected chi connectivity index (χ2v) is 6.25. The number of nitrogens with zero attached hydrogens (tertiary/aromatic N) is 1. The van der Waals surface area contributed by atoms with E-state index in [1.54, 1.807) is 48.5 Å². The summed E-state index contributed by atoms with van der Waals surface area (Å²) in [6.07, 6.45) is 0. The van der Waals surface area contributed by atoms with Crippen molar-refractivity contribution in [2.24, 2.45) is 0 Å². The summed E-state index contributed by atoms with van der Waals surface area (Å²) in [5, 5.41) is 25.8.